The summed E-state index contributed by atoms with van der Waals surface area (Å²) in [7, 11) is 0. The highest BCUT2D eigenvalue weighted by Crippen LogP contribution is 2.32. The predicted octanol–water partition coefficient (Wildman–Crippen LogP) is 5.84. The molecule has 1 heteroatoms. The lowest BCUT2D eigenvalue weighted by molar-refractivity contribution is 0.352. The fourth-order valence-electron chi connectivity index (χ4n) is 2.59. The molecule has 2 rings (SSSR count). The third-order valence-electron chi connectivity index (χ3n) is 3.72. The van der Waals surface area contributed by atoms with Crippen molar-refractivity contribution in [2.75, 3.05) is 5.32 Å². The van der Waals surface area contributed by atoms with Crippen molar-refractivity contribution in [2.45, 2.75) is 46.6 Å². The van der Waals surface area contributed by atoms with Gasteiger partial charge in [-0.3, -0.25) is 0 Å². The zero-order valence-corrected chi connectivity index (χ0v) is 13.7. The van der Waals surface area contributed by atoms with Crippen LogP contribution < -0.4 is 5.32 Å². The zero-order valence-electron chi connectivity index (χ0n) is 13.7. The highest BCUT2D eigenvalue weighted by atomic mass is 14.9. The Morgan fingerprint density at radius 1 is 0.905 bits per heavy atom. The number of nitrogens with one attached hydrogen (secondary N) is 1. The molecule has 112 valence electrons. The van der Waals surface area contributed by atoms with Crippen LogP contribution in [-0.2, 0) is 6.42 Å². The van der Waals surface area contributed by atoms with E-state index in [1.165, 1.54) is 16.8 Å². The minimum atomic E-state index is 0.289. The van der Waals surface area contributed by atoms with Gasteiger partial charge >= 0.3 is 0 Å². The molecule has 0 aliphatic rings. The topological polar surface area (TPSA) is 12.0 Å². The first-order valence-corrected chi connectivity index (χ1v) is 7.88. The van der Waals surface area contributed by atoms with Crippen LogP contribution in [0, 0.1) is 5.41 Å². The summed E-state index contributed by atoms with van der Waals surface area (Å²) in [6, 6.07) is 19.9. The molecule has 0 aromatic heterocycles. The Balaban J connectivity index is 2.19. The number of hydrogen-bond acceptors (Lipinski definition) is 1. The highest BCUT2D eigenvalue weighted by Gasteiger charge is 2.20. The fraction of sp³-hybridized carbons (Fsp3) is 0.400. The third-order valence-corrected chi connectivity index (χ3v) is 3.72. The average Bonchev–Trinajstić information content (AvgIpc) is 2.47. The Kier molecular flexibility index (Phi) is 5.06. The van der Waals surface area contributed by atoms with Crippen molar-refractivity contribution in [1.29, 1.82) is 0 Å². The van der Waals surface area contributed by atoms with Gasteiger partial charge in [-0.15, -0.1) is 0 Å². The van der Waals surface area contributed by atoms with Gasteiger partial charge in [-0.2, -0.15) is 0 Å². The maximum absolute atomic E-state index is 3.70. The average molecular weight is 281 g/mol. The van der Waals surface area contributed by atoms with E-state index < -0.39 is 0 Å². The molecular weight excluding hydrogens is 254 g/mol. The maximum atomic E-state index is 3.70. The number of aryl methyl sites for hydroxylation is 1. The van der Waals surface area contributed by atoms with Crippen LogP contribution in [0.3, 0.4) is 0 Å². The number of hydrogen-bond donors (Lipinski definition) is 1. The van der Waals surface area contributed by atoms with Crippen LogP contribution in [0.25, 0.3) is 0 Å². The first-order chi connectivity index (χ1) is 9.98. The standard InChI is InChI=1S/C20H27N/c1-5-16-11-13-18(14-12-16)21-19(15-20(2,3)4)17-9-7-6-8-10-17/h6-14,19,21H,5,15H2,1-4H3. The van der Waals surface area contributed by atoms with Gasteiger partial charge in [0.1, 0.15) is 0 Å². The molecule has 0 bridgehead atoms. The predicted molar refractivity (Wildman–Crippen MR) is 92.7 cm³/mol. The van der Waals surface area contributed by atoms with Gasteiger partial charge < -0.3 is 5.32 Å². The molecule has 1 nitrogen and oxygen atoms in total. The Bertz CT molecular complexity index is 534. The molecule has 0 aliphatic carbocycles. The van der Waals surface area contributed by atoms with Gasteiger partial charge in [0.15, 0.2) is 0 Å². The molecule has 0 saturated carbocycles. The highest BCUT2D eigenvalue weighted by molar-refractivity contribution is 5.47. The quantitative estimate of drug-likeness (QED) is 0.726. The van der Waals surface area contributed by atoms with Crippen molar-refractivity contribution in [1.82, 2.24) is 0 Å². The number of rotatable bonds is 5. The number of benzene rings is 2. The molecule has 1 N–H and O–H groups in total. The van der Waals surface area contributed by atoms with Crippen molar-refractivity contribution in [3.63, 3.8) is 0 Å². The Morgan fingerprint density at radius 3 is 2.05 bits per heavy atom. The van der Waals surface area contributed by atoms with Crippen LogP contribution in [0.2, 0.25) is 0 Å². The molecular formula is C20H27N. The van der Waals surface area contributed by atoms with Crippen LogP contribution >= 0.6 is 0 Å². The summed E-state index contributed by atoms with van der Waals surface area (Å²) >= 11 is 0. The summed E-state index contributed by atoms with van der Waals surface area (Å²) in [5.41, 5.74) is 4.22. The fourth-order valence-corrected chi connectivity index (χ4v) is 2.59. The molecule has 2 aromatic carbocycles. The lowest BCUT2D eigenvalue weighted by atomic mass is 9.85. The second kappa shape index (κ2) is 6.80. The Labute approximate surface area is 129 Å². The van der Waals surface area contributed by atoms with Gasteiger partial charge in [-0.25, -0.2) is 0 Å². The SMILES string of the molecule is CCc1ccc(NC(CC(C)(C)C)c2ccccc2)cc1. The van der Waals surface area contributed by atoms with E-state index in [1.54, 1.807) is 0 Å². The Hall–Kier alpha value is -1.76. The van der Waals surface area contributed by atoms with E-state index in [0.717, 1.165) is 12.8 Å². The first kappa shape index (κ1) is 15.6. The summed E-state index contributed by atoms with van der Waals surface area (Å²) in [6.07, 6.45) is 2.19. The molecule has 21 heavy (non-hydrogen) atoms. The monoisotopic (exact) mass is 281 g/mol. The minimum Gasteiger partial charge on any atom is -0.378 e. The smallest absolute Gasteiger partial charge is 0.0518 e. The van der Waals surface area contributed by atoms with E-state index in [1.807, 2.05) is 0 Å². The van der Waals surface area contributed by atoms with E-state index in [4.69, 9.17) is 0 Å². The van der Waals surface area contributed by atoms with Gasteiger partial charge in [0.25, 0.3) is 0 Å². The van der Waals surface area contributed by atoms with Crippen molar-refractivity contribution < 1.29 is 0 Å². The normalized spacial score (nSPS) is 13.0. The van der Waals surface area contributed by atoms with Crippen LogP contribution in [0.4, 0.5) is 5.69 Å². The second-order valence-electron chi connectivity index (χ2n) is 6.92. The molecule has 0 heterocycles. The Morgan fingerprint density at radius 2 is 1.52 bits per heavy atom. The summed E-state index contributed by atoms with van der Waals surface area (Å²) in [4.78, 5) is 0. The van der Waals surface area contributed by atoms with Crippen molar-refractivity contribution in [2.24, 2.45) is 5.41 Å². The molecule has 0 radical (unpaired) electrons. The minimum absolute atomic E-state index is 0.289. The van der Waals surface area contributed by atoms with E-state index in [9.17, 15) is 0 Å². The molecule has 0 fully saturated rings. The van der Waals surface area contributed by atoms with Crippen LogP contribution in [-0.4, -0.2) is 0 Å². The van der Waals surface area contributed by atoms with Crippen LogP contribution in [0.5, 0.6) is 0 Å². The molecule has 0 saturated heterocycles. The van der Waals surface area contributed by atoms with Crippen molar-refractivity contribution in [3.05, 3.63) is 65.7 Å². The summed E-state index contributed by atoms with van der Waals surface area (Å²) in [6.45, 7) is 9.08. The van der Waals surface area contributed by atoms with Crippen molar-refractivity contribution in [3.8, 4) is 0 Å². The molecule has 0 spiro atoms. The first-order valence-electron chi connectivity index (χ1n) is 7.88. The molecule has 0 amide bonds. The van der Waals surface area contributed by atoms with Gasteiger partial charge in [0, 0.05) is 5.69 Å². The molecule has 1 atom stereocenters. The summed E-state index contributed by atoms with van der Waals surface area (Å²) < 4.78 is 0. The summed E-state index contributed by atoms with van der Waals surface area (Å²) in [5, 5.41) is 3.70. The third kappa shape index (κ3) is 4.93. The van der Waals surface area contributed by atoms with Gasteiger partial charge in [0.2, 0.25) is 0 Å². The lowest BCUT2D eigenvalue weighted by Gasteiger charge is -2.28. The maximum Gasteiger partial charge on any atom is 0.0518 e. The van der Waals surface area contributed by atoms with E-state index in [2.05, 4.69) is 87.6 Å². The van der Waals surface area contributed by atoms with Crippen molar-refractivity contribution >= 4 is 5.69 Å². The second-order valence-corrected chi connectivity index (χ2v) is 6.92. The van der Waals surface area contributed by atoms with Crippen LogP contribution in [0.15, 0.2) is 54.6 Å². The molecule has 0 aliphatic heterocycles. The molecule has 1 unspecified atom stereocenters. The van der Waals surface area contributed by atoms with Crippen LogP contribution in [0.1, 0.15) is 51.3 Å². The number of anilines is 1. The lowest BCUT2D eigenvalue weighted by Crippen LogP contribution is -2.18. The van der Waals surface area contributed by atoms with E-state index in [-0.39, 0.29) is 5.41 Å². The van der Waals surface area contributed by atoms with E-state index in [0.29, 0.717) is 6.04 Å². The van der Waals surface area contributed by atoms with E-state index >= 15 is 0 Å². The van der Waals surface area contributed by atoms with Gasteiger partial charge in [-0.1, -0.05) is 70.2 Å². The van der Waals surface area contributed by atoms with Gasteiger partial charge in [0.05, 0.1) is 6.04 Å². The summed E-state index contributed by atoms with van der Waals surface area (Å²) in [5.74, 6) is 0. The molecule has 2 aromatic rings. The zero-order chi connectivity index (χ0) is 15.3. The van der Waals surface area contributed by atoms with Gasteiger partial charge in [-0.05, 0) is 41.5 Å². The largest absolute Gasteiger partial charge is 0.378 e.